The van der Waals surface area contributed by atoms with E-state index in [4.69, 9.17) is 0 Å². The van der Waals surface area contributed by atoms with E-state index in [-0.39, 0.29) is 5.82 Å². The van der Waals surface area contributed by atoms with Crippen LogP contribution in [0.1, 0.15) is 104 Å². The molecule has 3 fully saturated rings. The lowest BCUT2D eigenvalue weighted by Gasteiger charge is -2.52. The first-order chi connectivity index (χ1) is 18.4. The van der Waals surface area contributed by atoms with Gasteiger partial charge in [-0.25, -0.2) is 4.39 Å². The van der Waals surface area contributed by atoms with Crippen molar-refractivity contribution in [2.24, 2.45) is 23.2 Å². The van der Waals surface area contributed by atoms with Crippen molar-refractivity contribution in [3.8, 4) is 0 Å². The Kier molecular flexibility index (Phi) is 10.3. The molecule has 2 heteroatoms. The van der Waals surface area contributed by atoms with Crippen molar-refractivity contribution in [3.05, 3.63) is 77.2 Å². The molecule has 0 bridgehead atoms. The Morgan fingerprint density at radius 2 is 1.74 bits per heavy atom. The highest BCUT2D eigenvalue weighted by atomic mass is 19.1. The Balaban J connectivity index is 1.46. The molecule has 2 saturated carbocycles. The van der Waals surface area contributed by atoms with E-state index < -0.39 is 0 Å². The molecule has 2 aliphatic carbocycles. The highest BCUT2D eigenvalue weighted by Crippen LogP contribution is 2.46. The summed E-state index contributed by atoms with van der Waals surface area (Å²) in [7, 11) is 0. The molecule has 208 valence electrons. The predicted octanol–water partition coefficient (Wildman–Crippen LogP) is 10.2. The zero-order valence-electron chi connectivity index (χ0n) is 24.7. The highest BCUT2D eigenvalue weighted by Gasteiger charge is 2.43. The fourth-order valence-corrected chi connectivity index (χ4v) is 7.51. The van der Waals surface area contributed by atoms with Crippen LogP contribution in [0.2, 0.25) is 0 Å². The Morgan fingerprint density at radius 1 is 1.03 bits per heavy atom. The first kappa shape index (κ1) is 29.1. The Hall–Kier alpha value is -1.93. The standard InChI is InChI=1S/C36H52FN/c1-6-10-29(22-35(32-15-16-32)34(8-3)31-17-19-33(37)20-18-31)24-38-25-36(26-38,21-7-2)23-28-11-9-12-30(14-13-28)27(4)5/h6,10,17-20,22,28,30,32H,4,7-9,11-16,21,23-26H2,1-3,5H3/b10-6+,29-22+,35-34-/t28-,30?/m0/s1. The van der Waals surface area contributed by atoms with Crippen LogP contribution in [0.25, 0.3) is 5.57 Å². The molecule has 0 spiro atoms. The summed E-state index contributed by atoms with van der Waals surface area (Å²) in [5.74, 6) is 2.15. The van der Waals surface area contributed by atoms with Gasteiger partial charge in [0.15, 0.2) is 0 Å². The number of nitrogens with zero attached hydrogens (tertiary/aromatic N) is 1. The van der Waals surface area contributed by atoms with Gasteiger partial charge in [0.25, 0.3) is 0 Å². The molecule has 1 aromatic rings. The van der Waals surface area contributed by atoms with Crippen molar-refractivity contribution in [3.63, 3.8) is 0 Å². The van der Waals surface area contributed by atoms with Crippen molar-refractivity contribution in [2.45, 2.75) is 98.3 Å². The fourth-order valence-electron chi connectivity index (χ4n) is 7.51. The molecule has 1 heterocycles. The summed E-state index contributed by atoms with van der Waals surface area (Å²) >= 11 is 0. The van der Waals surface area contributed by atoms with Gasteiger partial charge in [0, 0.05) is 19.6 Å². The first-order valence-electron chi connectivity index (χ1n) is 15.6. The maximum absolute atomic E-state index is 13.6. The fraction of sp³-hybridized carbons (Fsp3) is 0.611. The van der Waals surface area contributed by atoms with Crippen LogP contribution < -0.4 is 0 Å². The minimum absolute atomic E-state index is 0.157. The molecule has 0 aromatic heterocycles. The van der Waals surface area contributed by atoms with Crippen LogP contribution in [0.3, 0.4) is 0 Å². The molecule has 3 aliphatic rings. The third-order valence-electron chi connectivity index (χ3n) is 9.45. The molecule has 4 rings (SSSR count). The molecule has 38 heavy (non-hydrogen) atoms. The van der Waals surface area contributed by atoms with Crippen molar-refractivity contribution in [1.82, 2.24) is 4.90 Å². The third kappa shape index (κ3) is 7.59. The van der Waals surface area contributed by atoms with Gasteiger partial charge in [0.05, 0.1) is 0 Å². The average molecular weight is 518 g/mol. The lowest BCUT2D eigenvalue weighted by atomic mass is 9.68. The SMILES string of the molecule is C=C(C)C1CCC[C@H](CC2(CCC)CN(CC(/C=C/C)=C/C(=C(\CC)c3ccc(F)cc3)C3CC3)C2)CC1. The summed E-state index contributed by atoms with van der Waals surface area (Å²) in [5.41, 5.74) is 7.39. The van der Waals surface area contributed by atoms with Gasteiger partial charge in [-0.3, -0.25) is 4.90 Å². The van der Waals surface area contributed by atoms with E-state index in [1.165, 1.54) is 105 Å². The number of likely N-dealkylation sites (tertiary alicyclic amines) is 1. The molecule has 1 nitrogen and oxygen atoms in total. The molecule has 2 atom stereocenters. The monoisotopic (exact) mass is 517 g/mol. The van der Waals surface area contributed by atoms with Gasteiger partial charge in [-0.15, -0.1) is 0 Å². The minimum atomic E-state index is -0.157. The summed E-state index contributed by atoms with van der Waals surface area (Å²) in [6, 6.07) is 7.12. The summed E-state index contributed by atoms with van der Waals surface area (Å²) in [6.07, 6.45) is 21.5. The van der Waals surface area contributed by atoms with Gasteiger partial charge in [-0.2, -0.15) is 0 Å². The second-order valence-electron chi connectivity index (χ2n) is 12.8. The molecule has 1 aromatic carbocycles. The van der Waals surface area contributed by atoms with Crippen LogP contribution in [0, 0.1) is 29.0 Å². The number of rotatable bonds is 12. The molecule has 0 amide bonds. The second-order valence-corrected chi connectivity index (χ2v) is 12.8. The molecule has 1 saturated heterocycles. The molecular weight excluding hydrogens is 465 g/mol. The lowest BCUT2D eigenvalue weighted by molar-refractivity contribution is -0.0208. The zero-order valence-corrected chi connectivity index (χ0v) is 24.7. The Labute approximate surface area is 233 Å². The Bertz CT molecular complexity index is 1020. The van der Waals surface area contributed by atoms with Crippen LogP contribution in [0.5, 0.6) is 0 Å². The van der Waals surface area contributed by atoms with Crippen molar-refractivity contribution in [2.75, 3.05) is 19.6 Å². The molecule has 1 aliphatic heterocycles. The van der Waals surface area contributed by atoms with Crippen LogP contribution >= 0.6 is 0 Å². The number of allylic oxidation sites excluding steroid dienone is 5. The Morgan fingerprint density at radius 3 is 2.34 bits per heavy atom. The number of hydrogen-bond donors (Lipinski definition) is 0. The molecule has 0 N–H and O–H groups in total. The van der Waals surface area contributed by atoms with E-state index in [1.807, 2.05) is 12.1 Å². The smallest absolute Gasteiger partial charge is 0.123 e. The average Bonchev–Trinajstić information content (AvgIpc) is 3.72. The van der Waals surface area contributed by atoms with Crippen molar-refractivity contribution < 1.29 is 4.39 Å². The van der Waals surface area contributed by atoms with Gasteiger partial charge in [-0.1, -0.05) is 75.6 Å². The highest BCUT2D eigenvalue weighted by molar-refractivity contribution is 5.72. The molecular formula is C36H52FN. The lowest BCUT2D eigenvalue weighted by Crippen LogP contribution is -2.57. The zero-order chi connectivity index (χ0) is 27.1. The maximum Gasteiger partial charge on any atom is 0.123 e. The van der Waals surface area contributed by atoms with Crippen LogP contribution in [0.15, 0.2) is 65.8 Å². The van der Waals surface area contributed by atoms with Crippen molar-refractivity contribution in [1.29, 1.82) is 0 Å². The van der Waals surface area contributed by atoms with E-state index in [9.17, 15) is 4.39 Å². The topological polar surface area (TPSA) is 3.24 Å². The largest absolute Gasteiger partial charge is 0.298 e. The molecule has 1 unspecified atom stereocenters. The summed E-state index contributed by atoms with van der Waals surface area (Å²) in [5, 5.41) is 0. The van der Waals surface area contributed by atoms with Gasteiger partial charge >= 0.3 is 0 Å². The predicted molar refractivity (Wildman–Crippen MR) is 163 cm³/mol. The van der Waals surface area contributed by atoms with Crippen LogP contribution in [-0.4, -0.2) is 24.5 Å². The summed E-state index contributed by atoms with van der Waals surface area (Å²) < 4.78 is 13.6. The van der Waals surface area contributed by atoms with Crippen LogP contribution in [-0.2, 0) is 0 Å². The van der Waals surface area contributed by atoms with E-state index in [2.05, 4.69) is 57.4 Å². The van der Waals surface area contributed by atoms with E-state index in [0.717, 1.165) is 24.8 Å². The second kappa shape index (κ2) is 13.4. The van der Waals surface area contributed by atoms with E-state index in [1.54, 1.807) is 12.1 Å². The first-order valence-corrected chi connectivity index (χ1v) is 15.6. The van der Waals surface area contributed by atoms with Gasteiger partial charge in [-0.05, 0) is 123 Å². The van der Waals surface area contributed by atoms with Crippen molar-refractivity contribution >= 4 is 5.57 Å². The minimum Gasteiger partial charge on any atom is -0.298 e. The quantitative estimate of drug-likeness (QED) is 0.151. The molecule has 0 radical (unpaired) electrons. The van der Waals surface area contributed by atoms with Gasteiger partial charge in [0.2, 0.25) is 0 Å². The number of halogens is 1. The van der Waals surface area contributed by atoms with E-state index >= 15 is 0 Å². The number of benzene rings is 1. The van der Waals surface area contributed by atoms with Gasteiger partial charge in [0.1, 0.15) is 5.82 Å². The van der Waals surface area contributed by atoms with Crippen LogP contribution in [0.4, 0.5) is 4.39 Å². The summed E-state index contributed by atoms with van der Waals surface area (Å²) in [4.78, 5) is 2.70. The third-order valence-corrected chi connectivity index (χ3v) is 9.45. The van der Waals surface area contributed by atoms with E-state index in [0.29, 0.717) is 11.3 Å². The number of hydrogen-bond acceptors (Lipinski definition) is 1. The maximum atomic E-state index is 13.6. The summed E-state index contributed by atoms with van der Waals surface area (Å²) in [6.45, 7) is 16.8. The normalized spacial score (nSPS) is 25.1. The van der Waals surface area contributed by atoms with Gasteiger partial charge < -0.3 is 0 Å².